The van der Waals surface area contributed by atoms with Gasteiger partial charge in [0.2, 0.25) is 0 Å². The molecule has 1 aromatic carbocycles. The molecule has 0 aliphatic carbocycles. The summed E-state index contributed by atoms with van der Waals surface area (Å²) in [6, 6.07) is 3.61. The summed E-state index contributed by atoms with van der Waals surface area (Å²) in [5.74, 6) is -0.248. The van der Waals surface area contributed by atoms with Crippen molar-refractivity contribution in [3.05, 3.63) is 57.5 Å². The minimum atomic E-state index is -0.587. The van der Waals surface area contributed by atoms with E-state index in [0.717, 1.165) is 6.07 Å². The van der Waals surface area contributed by atoms with Crippen molar-refractivity contribution in [2.45, 2.75) is 0 Å². The maximum absolute atomic E-state index is 11.9. The molecule has 8 heteroatoms. The van der Waals surface area contributed by atoms with Crippen molar-refractivity contribution in [3.8, 4) is 0 Å². The quantitative estimate of drug-likeness (QED) is 0.686. The summed E-state index contributed by atoms with van der Waals surface area (Å²) in [5.41, 5.74) is -0.0565. The number of nitrogens with one attached hydrogen (secondary N) is 1. The number of nitrogens with zero attached hydrogens (tertiary/aromatic N) is 3. The fraction of sp³-hybridized carbons (Fsp3) is 0. The molecule has 1 amide bonds. The number of hydrogen-bond donors (Lipinski definition) is 1. The van der Waals surface area contributed by atoms with Gasteiger partial charge in [0.05, 0.1) is 21.7 Å². The second-order valence-corrected chi connectivity index (χ2v) is 3.87. The number of nitro groups is 1. The fourth-order valence-corrected chi connectivity index (χ4v) is 1.61. The summed E-state index contributed by atoms with van der Waals surface area (Å²) in [6.07, 6.45) is 4.26. The van der Waals surface area contributed by atoms with Crippen LogP contribution in [0.4, 0.5) is 11.5 Å². The van der Waals surface area contributed by atoms with Crippen molar-refractivity contribution >= 4 is 29.0 Å². The van der Waals surface area contributed by atoms with Crippen LogP contribution < -0.4 is 5.32 Å². The Morgan fingerprint density at radius 1 is 1.37 bits per heavy atom. The van der Waals surface area contributed by atoms with Gasteiger partial charge in [0, 0.05) is 24.5 Å². The van der Waals surface area contributed by atoms with Gasteiger partial charge in [0.1, 0.15) is 0 Å². The normalized spacial score (nSPS) is 9.95. The lowest BCUT2D eigenvalue weighted by molar-refractivity contribution is -0.384. The largest absolute Gasteiger partial charge is 0.305 e. The van der Waals surface area contributed by atoms with Crippen molar-refractivity contribution in [2.24, 2.45) is 0 Å². The summed E-state index contributed by atoms with van der Waals surface area (Å²) >= 11 is 5.83. The number of hydrogen-bond acceptors (Lipinski definition) is 5. The summed E-state index contributed by atoms with van der Waals surface area (Å²) in [7, 11) is 0. The Kier molecular flexibility index (Phi) is 3.67. The first-order valence-electron chi connectivity index (χ1n) is 5.09. The molecule has 19 heavy (non-hydrogen) atoms. The van der Waals surface area contributed by atoms with Gasteiger partial charge in [-0.2, -0.15) is 0 Å². The highest BCUT2D eigenvalue weighted by Crippen LogP contribution is 2.23. The Morgan fingerprint density at radius 2 is 2.16 bits per heavy atom. The van der Waals surface area contributed by atoms with E-state index in [1.54, 1.807) is 0 Å². The van der Waals surface area contributed by atoms with E-state index in [9.17, 15) is 14.9 Å². The Labute approximate surface area is 112 Å². The number of carbonyl (C=O) groups excluding carboxylic acids is 1. The third kappa shape index (κ3) is 3.02. The van der Waals surface area contributed by atoms with Crippen molar-refractivity contribution in [1.29, 1.82) is 0 Å². The van der Waals surface area contributed by atoms with E-state index >= 15 is 0 Å². The van der Waals surface area contributed by atoms with E-state index in [0.29, 0.717) is 0 Å². The topological polar surface area (TPSA) is 98.0 Å². The molecule has 0 unspecified atom stereocenters. The van der Waals surface area contributed by atoms with Crippen molar-refractivity contribution in [1.82, 2.24) is 9.97 Å². The Hall–Kier alpha value is -2.54. The molecule has 0 aliphatic heterocycles. The van der Waals surface area contributed by atoms with Gasteiger partial charge in [-0.15, -0.1) is 0 Å². The number of nitro benzene ring substituents is 1. The number of benzene rings is 1. The van der Waals surface area contributed by atoms with Crippen molar-refractivity contribution < 1.29 is 9.72 Å². The molecule has 1 N–H and O–H groups in total. The minimum absolute atomic E-state index is 0.00408. The molecule has 1 aromatic heterocycles. The van der Waals surface area contributed by atoms with Gasteiger partial charge in [-0.05, 0) is 6.07 Å². The second kappa shape index (κ2) is 5.40. The Balaban J connectivity index is 2.22. The first-order chi connectivity index (χ1) is 9.08. The zero-order chi connectivity index (χ0) is 13.8. The molecule has 0 radical (unpaired) electrons. The van der Waals surface area contributed by atoms with Crippen LogP contribution in [-0.4, -0.2) is 20.8 Å². The molecule has 0 saturated heterocycles. The first-order valence-corrected chi connectivity index (χ1v) is 5.47. The standard InChI is InChI=1S/C11H7ClN4O3/c12-9-5-7(16(18)19)1-2-8(9)11(17)15-10-6-13-3-4-14-10/h1-6H,(H,14,15,17). The summed E-state index contributed by atoms with van der Waals surface area (Å²) in [6.45, 7) is 0. The lowest BCUT2D eigenvalue weighted by atomic mass is 10.2. The number of aromatic nitrogens is 2. The van der Waals surface area contributed by atoms with Crippen molar-refractivity contribution in [2.75, 3.05) is 5.32 Å². The van der Waals surface area contributed by atoms with Crippen LogP contribution in [-0.2, 0) is 0 Å². The van der Waals surface area contributed by atoms with Crippen molar-refractivity contribution in [3.63, 3.8) is 0 Å². The van der Waals surface area contributed by atoms with Gasteiger partial charge < -0.3 is 5.32 Å². The van der Waals surface area contributed by atoms with E-state index in [-0.39, 0.29) is 22.1 Å². The highest BCUT2D eigenvalue weighted by molar-refractivity contribution is 6.34. The summed E-state index contributed by atoms with van der Waals surface area (Å²) in [5, 5.41) is 13.0. The van der Waals surface area contributed by atoms with Crippen LogP contribution in [0.15, 0.2) is 36.8 Å². The van der Waals surface area contributed by atoms with E-state index in [1.807, 2.05) is 0 Å². The van der Waals surface area contributed by atoms with Gasteiger partial charge in [-0.25, -0.2) is 4.98 Å². The highest BCUT2D eigenvalue weighted by atomic mass is 35.5. The van der Waals surface area contributed by atoms with Gasteiger partial charge >= 0.3 is 0 Å². The van der Waals surface area contributed by atoms with Crippen LogP contribution >= 0.6 is 11.6 Å². The minimum Gasteiger partial charge on any atom is -0.305 e. The summed E-state index contributed by atoms with van der Waals surface area (Å²) < 4.78 is 0. The molecule has 0 spiro atoms. The Bertz CT molecular complexity index is 633. The number of carbonyl (C=O) groups is 1. The van der Waals surface area contributed by atoms with Crippen LogP contribution in [0.5, 0.6) is 0 Å². The van der Waals surface area contributed by atoms with Gasteiger partial charge in [-0.1, -0.05) is 11.6 Å². The number of rotatable bonds is 3. The predicted molar refractivity (Wildman–Crippen MR) is 68.1 cm³/mol. The molecule has 1 heterocycles. The zero-order valence-electron chi connectivity index (χ0n) is 9.41. The van der Waals surface area contributed by atoms with E-state index in [1.165, 1.54) is 30.7 Å². The van der Waals surface area contributed by atoms with E-state index < -0.39 is 10.8 Å². The molecule has 0 fully saturated rings. The maximum Gasteiger partial charge on any atom is 0.270 e. The van der Waals surface area contributed by atoms with Crippen LogP contribution in [0.1, 0.15) is 10.4 Å². The molecule has 0 bridgehead atoms. The SMILES string of the molecule is O=C(Nc1cnccn1)c1ccc([N+](=O)[O-])cc1Cl. The molecule has 0 atom stereocenters. The number of non-ortho nitro benzene ring substituents is 1. The molecular weight excluding hydrogens is 272 g/mol. The predicted octanol–water partition coefficient (Wildman–Crippen LogP) is 2.29. The second-order valence-electron chi connectivity index (χ2n) is 3.47. The third-order valence-electron chi connectivity index (χ3n) is 2.21. The summed E-state index contributed by atoms with van der Waals surface area (Å²) in [4.78, 5) is 29.5. The number of halogens is 1. The third-order valence-corrected chi connectivity index (χ3v) is 2.53. The molecule has 7 nitrogen and oxygen atoms in total. The monoisotopic (exact) mass is 278 g/mol. The van der Waals surface area contributed by atoms with E-state index in [2.05, 4.69) is 15.3 Å². The lowest BCUT2D eigenvalue weighted by Crippen LogP contribution is -2.13. The van der Waals surface area contributed by atoms with Gasteiger partial charge in [-0.3, -0.25) is 19.9 Å². The van der Waals surface area contributed by atoms with Crippen LogP contribution in [0.3, 0.4) is 0 Å². The van der Waals surface area contributed by atoms with Crippen LogP contribution in [0, 0.1) is 10.1 Å². The van der Waals surface area contributed by atoms with E-state index in [4.69, 9.17) is 11.6 Å². The fourth-order valence-electron chi connectivity index (χ4n) is 1.35. The highest BCUT2D eigenvalue weighted by Gasteiger charge is 2.15. The Morgan fingerprint density at radius 3 is 2.74 bits per heavy atom. The van der Waals surface area contributed by atoms with Gasteiger partial charge in [0.25, 0.3) is 11.6 Å². The lowest BCUT2D eigenvalue weighted by Gasteiger charge is -2.05. The van der Waals surface area contributed by atoms with Gasteiger partial charge in [0.15, 0.2) is 5.82 Å². The average molecular weight is 279 g/mol. The smallest absolute Gasteiger partial charge is 0.270 e. The molecule has 0 saturated carbocycles. The molecule has 2 aromatic rings. The van der Waals surface area contributed by atoms with Crippen LogP contribution in [0.2, 0.25) is 5.02 Å². The average Bonchev–Trinajstić information content (AvgIpc) is 2.39. The first kappa shape index (κ1) is 12.9. The zero-order valence-corrected chi connectivity index (χ0v) is 10.2. The number of anilines is 1. The molecule has 2 rings (SSSR count). The van der Waals surface area contributed by atoms with Crippen LogP contribution in [0.25, 0.3) is 0 Å². The maximum atomic E-state index is 11.9. The molecule has 96 valence electrons. The molecule has 0 aliphatic rings. The molecular formula is C11H7ClN4O3. The number of amides is 1.